The summed E-state index contributed by atoms with van der Waals surface area (Å²) in [7, 11) is 1.91. The smallest absolute Gasteiger partial charge is 0.289 e. The van der Waals surface area contributed by atoms with Gasteiger partial charge in [0.15, 0.2) is 5.65 Å². The highest BCUT2D eigenvalue weighted by atomic mass is 16.2. The van der Waals surface area contributed by atoms with Crippen LogP contribution in [0.15, 0.2) is 24.5 Å². The second-order valence-electron chi connectivity index (χ2n) is 9.01. The summed E-state index contributed by atoms with van der Waals surface area (Å²) in [5, 5.41) is 8.56. The van der Waals surface area contributed by atoms with Crippen LogP contribution in [0, 0.1) is 0 Å². The molecule has 3 aromatic heterocycles. The predicted octanol–water partition coefficient (Wildman–Crippen LogP) is 2.63. The summed E-state index contributed by atoms with van der Waals surface area (Å²) in [6.07, 6.45) is 10.9. The third kappa shape index (κ3) is 4.83. The molecule has 1 N–H and O–H groups in total. The minimum absolute atomic E-state index is 0.182. The van der Waals surface area contributed by atoms with Crippen LogP contribution in [0.4, 0.5) is 5.82 Å². The number of aromatic nitrogens is 5. The number of aryl methyl sites for hydroxylation is 1. The second kappa shape index (κ2) is 9.82. The third-order valence-corrected chi connectivity index (χ3v) is 6.64. The minimum Gasteiger partial charge on any atom is -0.357 e. The van der Waals surface area contributed by atoms with Gasteiger partial charge in [0.1, 0.15) is 11.5 Å². The van der Waals surface area contributed by atoms with E-state index in [-0.39, 0.29) is 11.7 Å². The molecule has 0 bridgehead atoms. The average molecular weight is 449 g/mol. The van der Waals surface area contributed by atoms with E-state index in [2.05, 4.69) is 42.3 Å². The molecule has 2 aliphatic rings. The molecule has 1 amide bonds. The molecule has 0 unspecified atom stereocenters. The van der Waals surface area contributed by atoms with Crippen molar-refractivity contribution in [3.8, 4) is 11.3 Å². The molecule has 0 radical (unpaired) electrons. The first-order valence-electron chi connectivity index (χ1n) is 12.1. The van der Waals surface area contributed by atoms with Gasteiger partial charge in [0.05, 0.1) is 0 Å². The maximum Gasteiger partial charge on any atom is 0.289 e. The van der Waals surface area contributed by atoms with Crippen molar-refractivity contribution >= 4 is 22.8 Å². The summed E-state index contributed by atoms with van der Waals surface area (Å²) < 4.78 is 1.81. The topological polar surface area (TPSA) is 92.1 Å². The molecular weight excluding hydrogens is 416 g/mol. The van der Waals surface area contributed by atoms with Crippen LogP contribution in [-0.4, -0.2) is 74.8 Å². The van der Waals surface area contributed by atoms with Crippen molar-refractivity contribution in [2.75, 3.05) is 44.2 Å². The maximum absolute atomic E-state index is 12.4. The van der Waals surface area contributed by atoms with Crippen molar-refractivity contribution in [2.45, 2.75) is 38.5 Å². The van der Waals surface area contributed by atoms with E-state index in [1.807, 2.05) is 11.7 Å². The van der Waals surface area contributed by atoms with E-state index < -0.39 is 0 Å². The number of nitrogens with zero attached hydrogens (tertiary/aromatic N) is 7. The van der Waals surface area contributed by atoms with Gasteiger partial charge in [-0.05, 0) is 50.9 Å². The van der Waals surface area contributed by atoms with Crippen molar-refractivity contribution in [1.29, 1.82) is 0 Å². The number of rotatable bonds is 6. The van der Waals surface area contributed by atoms with E-state index in [1.54, 1.807) is 12.4 Å². The summed E-state index contributed by atoms with van der Waals surface area (Å²) in [6, 6.07) is 4.17. The lowest BCUT2D eigenvalue weighted by Gasteiger charge is -2.21. The Balaban J connectivity index is 1.29. The zero-order valence-corrected chi connectivity index (χ0v) is 19.3. The fraction of sp³-hybridized carbons (Fsp3) is 0.542. The Bertz CT molecular complexity index is 1100. The number of amides is 1. The third-order valence-electron chi connectivity index (χ3n) is 6.64. The first kappa shape index (κ1) is 21.8. The van der Waals surface area contributed by atoms with Gasteiger partial charge in [-0.15, -0.1) is 0 Å². The summed E-state index contributed by atoms with van der Waals surface area (Å²) >= 11 is 0. The van der Waals surface area contributed by atoms with Gasteiger partial charge in [0, 0.05) is 56.6 Å². The molecule has 0 atom stereocenters. The van der Waals surface area contributed by atoms with Gasteiger partial charge in [0.25, 0.3) is 5.91 Å². The van der Waals surface area contributed by atoms with Crippen molar-refractivity contribution in [3.63, 3.8) is 0 Å². The average Bonchev–Trinajstić information content (AvgIpc) is 3.38. The number of hydrogen-bond acceptors (Lipinski definition) is 7. The Labute approximate surface area is 194 Å². The summed E-state index contributed by atoms with van der Waals surface area (Å²) in [6.45, 7) is 5.83. The standard InChI is InChI=1S/C24H32N8O/c1-30-23-19(8-9-20(28-23)32-13-4-2-3-5-14-32)21(29-30)18-16-26-22(27-17-18)24(33)25-10-15-31-11-6-7-12-31/h8-9,16-17H,2-7,10-15H2,1H3,(H,25,33). The van der Waals surface area contributed by atoms with Crippen LogP contribution in [0.1, 0.15) is 49.1 Å². The molecule has 0 saturated carbocycles. The number of hydrogen-bond donors (Lipinski definition) is 1. The Morgan fingerprint density at radius 3 is 2.39 bits per heavy atom. The molecule has 174 valence electrons. The van der Waals surface area contributed by atoms with Crippen molar-refractivity contribution in [2.24, 2.45) is 7.05 Å². The molecule has 5 heterocycles. The fourth-order valence-corrected chi connectivity index (χ4v) is 4.79. The molecule has 9 nitrogen and oxygen atoms in total. The van der Waals surface area contributed by atoms with Crippen molar-refractivity contribution in [3.05, 3.63) is 30.4 Å². The molecule has 0 spiro atoms. The number of likely N-dealkylation sites (tertiary alicyclic amines) is 1. The minimum atomic E-state index is -0.240. The van der Waals surface area contributed by atoms with E-state index in [1.165, 1.54) is 38.5 Å². The SMILES string of the molecule is Cn1nc(-c2cnc(C(=O)NCCN3CCCC3)nc2)c2ccc(N3CCCCCC3)nc21. The molecule has 2 fully saturated rings. The van der Waals surface area contributed by atoms with Gasteiger partial charge in [-0.2, -0.15) is 5.10 Å². The highest BCUT2D eigenvalue weighted by Crippen LogP contribution is 2.28. The van der Waals surface area contributed by atoms with Crippen LogP contribution in [0.25, 0.3) is 22.3 Å². The molecular formula is C24H32N8O. The van der Waals surface area contributed by atoms with Gasteiger partial charge >= 0.3 is 0 Å². The lowest BCUT2D eigenvalue weighted by atomic mass is 10.1. The van der Waals surface area contributed by atoms with Crippen LogP contribution < -0.4 is 10.2 Å². The molecule has 0 aromatic carbocycles. The molecule has 5 rings (SSSR count). The Morgan fingerprint density at radius 2 is 1.67 bits per heavy atom. The molecule has 2 saturated heterocycles. The van der Waals surface area contributed by atoms with Gasteiger partial charge < -0.3 is 15.1 Å². The highest BCUT2D eigenvalue weighted by Gasteiger charge is 2.18. The lowest BCUT2D eigenvalue weighted by molar-refractivity contribution is 0.0939. The van der Waals surface area contributed by atoms with Crippen LogP contribution in [0.5, 0.6) is 0 Å². The lowest BCUT2D eigenvalue weighted by Crippen LogP contribution is -2.34. The fourth-order valence-electron chi connectivity index (χ4n) is 4.79. The zero-order valence-electron chi connectivity index (χ0n) is 19.3. The number of carbonyl (C=O) groups is 1. The second-order valence-corrected chi connectivity index (χ2v) is 9.01. The van der Waals surface area contributed by atoms with Gasteiger partial charge in [-0.1, -0.05) is 12.8 Å². The van der Waals surface area contributed by atoms with Gasteiger partial charge in [-0.3, -0.25) is 4.79 Å². The largest absolute Gasteiger partial charge is 0.357 e. The zero-order chi connectivity index (χ0) is 22.6. The first-order chi connectivity index (χ1) is 16.2. The van der Waals surface area contributed by atoms with E-state index in [4.69, 9.17) is 4.98 Å². The van der Waals surface area contributed by atoms with Gasteiger partial charge in [-0.25, -0.2) is 19.6 Å². The summed E-state index contributed by atoms with van der Waals surface area (Å²) in [5.41, 5.74) is 2.40. The van der Waals surface area contributed by atoms with E-state index >= 15 is 0 Å². The van der Waals surface area contributed by atoms with E-state index in [0.29, 0.717) is 6.54 Å². The first-order valence-corrected chi connectivity index (χ1v) is 12.1. The molecule has 2 aliphatic heterocycles. The molecule has 9 heteroatoms. The molecule has 3 aromatic rings. The normalized spacial score (nSPS) is 17.4. The Kier molecular flexibility index (Phi) is 6.48. The Hall–Kier alpha value is -3.07. The van der Waals surface area contributed by atoms with Crippen molar-refractivity contribution in [1.82, 2.24) is 34.9 Å². The number of fused-ring (bicyclic) bond motifs is 1. The summed E-state index contributed by atoms with van der Waals surface area (Å²) in [5.74, 6) is 0.952. The highest BCUT2D eigenvalue weighted by molar-refractivity contribution is 5.93. The molecule has 0 aliphatic carbocycles. The number of anilines is 1. The number of carbonyl (C=O) groups excluding carboxylic acids is 1. The summed E-state index contributed by atoms with van der Waals surface area (Å²) in [4.78, 5) is 30.7. The van der Waals surface area contributed by atoms with E-state index in [9.17, 15) is 4.79 Å². The maximum atomic E-state index is 12.4. The predicted molar refractivity (Wildman–Crippen MR) is 128 cm³/mol. The van der Waals surface area contributed by atoms with Crippen LogP contribution >= 0.6 is 0 Å². The van der Waals surface area contributed by atoms with Crippen LogP contribution in [-0.2, 0) is 7.05 Å². The number of nitrogens with one attached hydrogen (secondary N) is 1. The number of pyridine rings is 1. The monoisotopic (exact) mass is 448 g/mol. The van der Waals surface area contributed by atoms with Crippen LogP contribution in [0.3, 0.4) is 0 Å². The van der Waals surface area contributed by atoms with Crippen molar-refractivity contribution < 1.29 is 4.79 Å². The van der Waals surface area contributed by atoms with E-state index in [0.717, 1.165) is 60.8 Å². The van der Waals surface area contributed by atoms with Crippen LogP contribution in [0.2, 0.25) is 0 Å². The van der Waals surface area contributed by atoms with Gasteiger partial charge in [0.2, 0.25) is 5.82 Å². The molecule has 33 heavy (non-hydrogen) atoms. The Morgan fingerprint density at radius 1 is 0.970 bits per heavy atom. The quantitative estimate of drug-likeness (QED) is 0.620.